The van der Waals surface area contributed by atoms with Crippen LogP contribution in [0.25, 0.3) is 0 Å². The van der Waals surface area contributed by atoms with Gasteiger partial charge in [-0.1, -0.05) is 20.3 Å². The molecular weight excluding hydrogens is 166 g/mol. The Morgan fingerprint density at radius 1 is 1.54 bits per heavy atom. The quantitative estimate of drug-likeness (QED) is 0.528. The third-order valence-corrected chi connectivity index (χ3v) is 2.56. The minimum atomic E-state index is -0.0223. The first kappa shape index (κ1) is 10.5. The van der Waals surface area contributed by atoms with Crippen LogP contribution in [0.3, 0.4) is 0 Å². The maximum atomic E-state index is 11.5. The summed E-state index contributed by atoms with van der Waals surface area (Å²) in [4.78, 5) is 11.5. The summed E-state index contributed by atoms with van der Waals surface area (Å²) in [5.41, 5.74) is 0. The standard InChI is InChI=1S/C10H19NO2/c1-3-4-5-13-10(12)9-7-11-6-8(9)2/h8-9,11H,3-7H2,1-2H3. The smallest absolute Gasteiger partial charge is 0.310 e. The van der Waals surface area contributed by atoms with Gasteiger partial charge < -0.3 is 10.1 Å². The molecule has 0 aromatic carbocycles. The van der Waals surface area contributed by atoms with E-state index in [1.807, 2.05) is 0 Å². The largest absolute Gasteiger partial charge is 0.465 e. The Bertz CT molecular complexity index is 170. The number of carbonyl (C=O) groups excluding carboxylic acids is 1. The average molecular weight is 185 g/mol. The second-order valence-corrected chi connectivity index (χ2v) is 3.76. The van der Waals surface area contributed by atoms with Crippen molar-refractivity contribution in [2.24, 2.45) is 11.8 Å². The van der Waals surface area contributed by atoms with Crippen LogP contribution in [0.4, 0.5) is 0 Å². The summed E-state index contributed by atoms with van der Waals surface area (Å²) in [6.45, 7) is 6.48. The van der Waals surface area contributed by atoms with Crippen LogP contribution in [0, 0.1) is 11.8 Å². The van der Waals surface area contributed by atoms with Gasteiger partial charge in [-0.25, -0.2) is 0 Å². The molecule has 0 radical (unpaired) electrons. The third-order valence-electron chi connectivity index (χ3n) is 2.56. The molecule has 1 aliphatic rings. The van der Waals surface area contributed by atoms with E-state index < -0.39 is 0 Å². The molecule has 0 aliphatic carbocycles. The molecule has 13 heavy (non-hydrogen) atoms. The summed E-state index contributed by atoms with van der Waals surface area (Å²) in [6, 6.07) is 0. The molecule has 1 rings (SSSR count). The second-order valence-electron chi connectivity index (χ2n) is 3.76. The van der Waals surface area contributed by atoms with Crippen molar-refractivity contribution in [3.8, 4) is 0 Å². The maximum absolute atomic E-state index is 11.5. The van der Waals surface area contributed by atoms with Gasteiger partial charge in [-0.3, -0.25) is 4.79 Å². The highest BCUT2D eigenvalue weighted by molar-refractivity contribution is 5.73. The van der Waals surface area contributed by atoms with Crippen molar-refractivity contribution in [2.45, 2.75) is 26.7 Å². The van der Waals surface area contributed by atoms with Crippen LogP contribution in [-0.4, -0.2) is 25.7 Å². The lowest BCUT2D eigenvalue weighted by molar-refractivity contribution is -0.149. The number of esters is 1. The lowest BCUT2D eigenvalue weighted by Gasteiger charge is -2.12. The van der Waals surface area contributed by atoms with Crippen molar-refractivity contribution >= 4 is 5.97 Å². The Kier molecular flexibility index (Phi) is 4.22. The number of ether oxygens (including phenoxy) is 1. The Morgan fingerprint density at radius 2 is 2.31 bits per heavy atom. The fraction of sp³-hybridized carbons (Fsp3) is 0.900. The van der Waals surface area contributed by atoms with E-state index in [0.717, 1.165) is 25.9 Å². The first-order valence-electron chi connectivity index (χ1n) is 5.13. The SMILES string of the molecule is CCCCOC(=O)C1CNCC1C. The third kappa shape index (κ3) is 2.99. The molecule has 1 saturated heterocycles. The summed E-state index contributed by atoms with van der Waals surface area (Å²) in [7, 11) is 0. The number of carbonyl (C=O) groups is 1. The number of hydrogen-bond acceptors (Lipinski definition) is 3. The van der Waals surface area contributed by atoms with Crippen molar-refractivity contribution in [1.29, 1.82) is 0 Å². The van der Waals surface area contributed by atoms with Gasteiger partial charge in [-0.2, -0.15) is 0 Å². The van der Waals surface area contributed by atoms with Gasteiger partial charge in [0.15, 0.2) is 0 Å². The summed E-state index contributed by atoms with van der Waals surface area (Å²) in [6.07, 6.45) is 2.05. The normalized spacial score (nSPS) is 27.5. The van der Waals surface area contributed by atoms with Gasteiger partial charge in [0, 0.05) is 6.54 Å². The minimum Gasteiger partial charge on any atom is -0.465 e. The van der Waals surface area contributed by atoms with Crippen molar-refractivity contribution in [1.82, 2.24) is 5.32 Å². The molecule has 0 aromatic heterocycles. The molecule has 3 heteroatoms. The summed E-state index contributed by atoms with van der Waals surface area (Å²) >= 11 is 0. The highest BCUT2D eigenvalue weighted by atomic mass is 16.5. The van der Waals surface area contributed by atoms with E-state index in [9.17, 15) is 4.79 Å². The predicted molar refractivity (Wildman–Crippen MR) is 51.4 cm³/mol. The van der Waals surface area contributed by atoms with E-state index >= 15 is 0 Å². The van der Waals surface area contributed by atoms with Gasteiger partial charge in [-0.15, -0.1) is 0 Å². The van der Waals surface area contributed by atoms with Crippen LogP contribution < -0.4 is 5.32 Å². The first-order valence-corrected chi connectivity index (χ1v) is 5.13. The van der Waals surface area contributed by atoms with Crippen molar-refractivity contribution in [2.75, 3.05) is 19.7 Å². The minimum absolute atomic E-state index is 0.0223. The van der Waals surface area contributed by atoms with Crippen LogP contribution in [-0.2, 0) is 9.53 Å². The van der Waals surface area contributed by atoms with Crippen molar-refractivity contribution in [3.05, 3.63) is 0 Å². The maximum Gasteiger partial charge on any atom is 0.310 e. The summed E-state index contributed by atoms with van der Waals surface area (Å²) in [5.74, 6) is 0.483. The number of nitrogens with one attached hydrogen (secondary N) is 1. The average Bonchev–Trinajstić information content (AvgIpc) is 2.52. The number of unbranched alkanes of at least 4 members (excludes halogenated alkanes) is 1. The lowest BCUT2D eigenvalue weighted by Crippen LogP contribution is -2.24. The molecule has 1 aliphatic heterocycles. The monoisotopic (exact) mass is 185 g/mol. The van der Waals surface area contributed by atoms with E-state index in [0.29, 0.717) is 12.5 Å². The molecule has 1 heterocycles. The topological polar surface area (TPSA) is 38.3 Å². The van der Waals surface area contributed by atoms with Crippen molar-refractivity contribution < 1.29 is 9.53 Å². The van der Waals surface area contributed by atoms with Gasteiger partial charge in [0.2, 0.25) is 0 Å². The van der Waals surface area contributed by atoms with E-state index in [2.05, 4.69) is 19.2 Å². The molecule has 3 nitrogen and oxygen atoms in total. The van der Waals surface area contributed by atoms with E-state index in [4.69, 9.17) is 4.74 Å². The number of rotatable bonds is 4. The highest BCUT2D eigenvalue weighted by Gasteiger charge is 2.30. The fourth-order valence-corrected chi connectivity index (χ4v) is 1.55. The highest BCUT2D eigenvalue weighted by Crippen LogP contribution is 2.17. The molecule has 0 bridgehead atoms. The van der Waals surface area contributed by atoms with E-state index in [1.54, 1.807) is 0 Å². The zero-order valence-electron chi connectivity index (χ0n) is 8.51. The Hall–Kier alpha value is -0.570. The molecular formula is C10H19NO2. The summed E-state index contributed by atoms with van der Waals surface area (Å²) in [5, 5.41) is 3.19. The van der Waals surface area contributed by atoms with Crippen LogP contribution in [0.15, 0.2) is 0 Å². The Morgan fingerprint density at radius 3 is 2.85 bits per heavy atom. The first-order chi connectivity index (χ1) is 6.25. The fourth-order valence-electron chi connectivity index (χ4n) is 1.55. The summed E-state index contributed by atoms with van der Waals surface area (Å²) < 4.78 is 5.16. The predicted octanol–water partition coefficient (Wildman–Crippen LogP) is 1.19. The van der Waals surface area contributed by atoms with Crippen LogP contribution in [0.5, 0.6) is 0 Å². The molecule has 1 fully saturated rings. The van der Waals surface area contributed by atoms with Gasteiger partial charge in [0.1, 0.15) is 0 Å². The molecule has 0 aromatic rings. The molecule has 2 unspecified atom stereocenters. The second kappa shape index (κ2) is 5.22. The van der Waals surface area contributed by atoms with Crippen LogP contribution >= 0.6 is 0 Å². The van der Waals surface area contributed by atoms with Crippen LogP contribution in [0.1, 0.15) is 26.7 Å². The molecule has 1 N–H and O–H groups in total. The Balaban J connectivity index is 2.22. The zero-order chi connectivity index (χ0) is 9.68. The lowest BCUT2D eigenvalue weighted by atomic mass is 9.99. The molecule has 0 spiro atoms. The Labute approximate surface area is 79.8 Å². The van der Waals surface area contributed by atoms with Gasteiger partial charge in [0.25, 0.3) is 0 Å². The van der Waals surface area contributed by atoms with Crippen molar-refractivity contribution in [3.63, 3.8) is 0 Å². The molecule has 76 valence electrons. The van der Waals surface area contributed by atoms with Crippen LogP contribution in [0.2, 0.25) is 0 Å². The van der Waals surface area contributed by atoms with E-state index in [1.165, 1.54) is 0 Å². The molecule has 0 amide bonds. The van der Waals surface area contributed by atoms with Gasteiger partial charge >= 0.3 is 5.97 Å². The van der Waals surface area contributed by atoms with Gasteiger partial charge in [0.05, 0.1) is 12.5 Å². The molecule has 2 atom stereocenters. The zero-order valence-corrected chi connectivity index (χ0v) is 8.51. The molecule has 0 saturated carbocycles. The van der Waals surface area contributed by atoms with Gasteiger partial charge in [-0.05, 0) is 18.9 Å². The van der Waals surface area contributed by atoms with E-state index in [-0.39, 0.29) is 11.9 Å². The number of hydrogen-bond donors (Lipinski definition) is 1.